The predicted octanol–water partition coefficient (Wildman–Crippen LogP) is 3.58. The van der Waals surface area contributed by atoms with Crippen LogP contribution in [-0.2, 0) is 11.2 Å². The molecule has 1 amide bonds. The summed E-state index contributed by atoms with van der Waals surface area (Å²) in [7, 11) is 0. The summed E-state index contributed by atoms with van der Waals surface area (Å²) in [6.07, 6.45) is 0.923. The van der Waals surface area contributed by atoms with Crippen LogP contribution < -0.4 is 14.8 Å². The fourth-order valence-electron chi connectivity index (χ4n) is 3.12. The zero-order valence-corrected chi connectivity index (χ0v) is 15.0. The Bertz CT molecular complexity index is 757. The summed E-state index contributed by atoms with van der Waals surface area (Å²) in [4.78, 5) is 12.4. The van der Waals surface area contributed by atoms with Crippen molar-refractivity contribution in [3.05, 3.63) is 59.2 Å². The Morgan fingerprint density at radius 1 is 1.08 bits per heavy atom. The molecule has 0 spiro atoms. The first-order valence-corrected chi connectivity index (χ1v) is 8.81. The summed E-state index contributed by atoms with van der Waals surface area (Å²) in [5.74, 6) is 1.19. The monoisotopic (exact) mass is 339 g/mol. The number of aryl methyl sites for hydroxylation is 3. The molecule has 0 saturated heterocycles. The largest absolute Gasteiger partial charge is 0.482 e. The van der Waals surface area contributed by atoms with E-state index in [9.17, 15) is 4.79 Å². The van der Waals surface area contributed by atoms with E-state index in [0.29, 0.717) is 18.0 Å². The molecule has 1 heterocycles. The molecule has 1 N–H and O–H groups in total. The highest BCUT2D eigenvalue weighted by molar-refractivity contribution is 5.82. The molecule has 2 unspecified atom stereocenters. The van der Waals surface area contributed by atoms with Crippen LogP contribution in [0.15, 0.2) is 42.5 Å². The van der Waals surface area contributed by atoms with Crippen LogP contribution in [0.25, 0.3) is 0 Å². The molecule has 0 fully saturated rings. The Morgan fingerprint density at radius 3 is 2.52 bits per heavy atom. The van der Waals surface area contributed by atoms with E-state index < -0.39 is 6.10 Å². The van der Waals surface area contributed by atoms with Crippen LogP contribution in [0.3, 0.4) is 0 Å². The van der Waals surface area contributed by atoms with Crippen molar-refractivity contribution in [2.75, 3.05) is 6.54 Å². The maximum atomic E-state index is 12.4. The number of hydrogen-bond acceptors (Lipinski definition) is 3. The number of rotatable bonds is 5. The number of hydrogen-bond donors (Lipinski definition) is 1. The van der Waals surface area contributed by atoms with Gasteiger partial charge in [0.2, 0.25) is 6.10 Å². The SMILES string of the molecule is Cc1ccc(CCCNC(=O)C2Oc3ccccc3OC2C)c(C)c1. The first-order chi connectivity index (χ1) is 12.0. The van der Waals surface area contributed by atoms with Crippen molar-refractivity contribution < 1.29 is 14.3 Å². The summed E-state index contributed by atoms with van der Waals surface area (Å²) in [6, 6.07) is 13.9. The normalized spacial score (nSPS) is 18.7. The zero-order valence-electron chi connectivity index (χ0n) is 15.0. The quantitative estimate of drug-likeness (QED) is 0.847. The molecular weight excluding hydrogens is 314 g/mol. The molecule has 0 saturated carbocycles. The average Bonchev–Trinajstić information content (AvgIpc) is 2.59. The van der Waals surface area contributed by atoms with Gasteiger partial charge in [-0.2, -0.15) is 0 Å². The molecule has 2 aromatic carbocycles. The Morgan fingerprint density at radius 2 is 1.80 bits per heavy atom. The second-order valence-electron chi connectivity index (χ2n) is 6.63. The van der Waals surface area contributed by atoms with Crippen LogP contribution in [0.4, 0.5) is 0 Å². The number of ether oxygens (including phenoxy) is 2. The van der Waals surface area contributed by atoms with Crippen molar-refractivity contribution >= 4 is 5.91 Å². The van der Waals surface area contributed by atoms with E-state index in [1.54, 1.807) is 0 Å². The number of carbonyl (C=O) groups is 1. The Labute approximate surface area is 149 Å². The third-order valence-electron chi connectivity index (χ3n) is 4.52. The number of nitrogens with one attached hydrogen (secondary N) is 1. The smallest absolute Gasteiger partial charge is 0.265 e. The van der Waals surface area contributed by atoms with Crippen LogP contribution >= 0.6 is 0 Å². The molecule has 4 nitrogen and oxygen atoms in total. The van der Waals surface area contributed by atoms with Gasteiger partial charge in [-0.05, 0) is 56.9 Å². The van der Waals surface area contributed by atoms with E-state index in [4.69, 9.17) is 9.47 Å². The van der Waals surface area contributed by atoms with Gasteiger partial charge in [-0.1, -0.05) is 35.9 Å². The standard InChI is InChI=1S/C21H25NO3/c1-14-10-11-17(15(2)13-14)7-6-12-22-21(23)20-16(3)24-18-8-4-5-9-19(18)25-20/h4-5,8-11,13,16,20H,6-7,12H2,1-3H3,(H,22,23). The molecule has 1 aliphatic heterocycles. The lowest BCUT2D eigenvalue weighted by Gasteiger charge is -2.31. The van der Waals surface area contributed by atoms with E-state index in [0.717, 1.165) is 12.8 Å². The van der Waals surface area contributed by atoms with Crippen molar-refractivity contribution in [3.63, 3.8) is 0 Å². The van der Waals surface area contributed by atoms with Gasteiger partial charge in [0.25, 0.3) is 5.91 Å². The zero-order chi connectivity index (χ0) is 17.8. The molecule has 1 aliphatic rings. The van der Waals surface area contributed by atoms with Crippen molar-refractivity contribution in [3.8, 4) is 11.5 Å². The minimum Gasteiger partial charge on any atom is -0.482 e. The van der Waals surface area contributed by atoms with Crippen molar-refractivity contribution in [1.29, 1.82) is 0 Å². The fraction of sp³-hybridized carbons (Fsp3) is 0.381. The highest BCUT2D eigenvalue weighted by Gasteiger charge is 2.33. The fourth-order valence-corrected chi connectivity index (χ4v) is 3.12. The van der Waals surface area contributed by atoms with Gasteiger partial charge in [-0.3, -0.25) is 4.79 Å². The van der Waals surface area contributed by atoms with E-state index in [1.165, 1.54) is 16.7 Å². The van der Waals surface area contributed by atoms with Crippen LogP contribution in [0.2, 0.25) is 0 Å². The van der Waals surface area contributed by atoms with Crippen LogP contribution in [0.5, 0.6) is 11.5 Å². The van der Waals surface area contributed by atoms with E-state index in [2.05, 4.69) is 37.4 Å². The third kappa shape index (κ3) is 4.13. The molecule has 4 heteroatoms. The summed E-state index contributed by atoms with van der Waals surface area (Å²) < 4.78 is 11.6. The van der Waals surface area contributed by atoms with Crippen molar-refractivity contribution in [1.82, 2.24) is 5.32 Å². The van der Waals surface area contributed by atoms with Gasteiger partial charge >= 0.3 is 0 Å². The van der Waals surface area contributed by atoms with Gasteiger partial charge in [0.1, 0.15) is 6.10 Å². The summed E-state index contributed by atoms with van der Waals surface area (Å²) >= 11 is 0. The maximum Gasteiger partial charge on any atom is 0.265 e. The van der Waals surface area contributed by atoms with Gasteiger partial charge < -0.3 is 14.8 Å². The molecule has 2 aromatic rings. The van der Waals surface area contributed by atoms with E-state index in [-0.39, 0.29) is 12.0 Å². The molecular formula is C21H25NO3. The molecule has 0 bridgehead atoms. The molecule has 0 aromatic heterocycles. The first kappa shape index (κ1) is 17.3. The molecule has 132 valence electrons. The molecule has 0 radical (unpaired) electrons. The number of carbonyl (C=O) groups excluding carboxylic acids is 1. The van der Waals surface area contributed by atoms with Crippen LogP contribution in [-0.4, -0.2) is 24.7 Å². The minimum absolute atomic E-state index is 0.123. The summed E-state index contributed by atoms with van der Waals surface area (Å²) in [6.45, 7) is 6.71. The lowest BCUT2D eigenvalue weighted by atomic mass is 10.0. The van der Waals surface area contributed by atoms with E-state index >= 15 is 0 Å². The van der Waals surface area contributed by atoms with Gasteiger partial charge in [0.15, 0.2) is 11.5 Å². The first-order valence-electron chi connectivity index (χ1n) is 8.81. The van der Waals surface area contributed by atoms with E-state index in [1.807, 2.05) is 31.2 Å². The number of benzene rings is 2. The second-order valence-corrected chi connectivity index (χ2v) is 6.63. The number of amides is 1. The van der Waals surface area contributed by atoms with Gasteiger partial charge in [0, 0.05) is 6.54 Å². The third-order valence-corrected chi connectivity index (χ3v) is 4.52. The number of fused-ring (bicyclic) bond motifs is 1. The highest BCUT2D eigenvalue weighted by Crippen LogP contribution is 2.33. The predicted molar refractivity (Wildman–Crippen MR) is 98.2 cm³/mol. The van der Waals surface area contributed by atoms with Crippen LogP contribution in [0, 0.1) is 13.8 Å². The second kappa shape index (κ2) is 7.60. The summed E-state index contributed by atoms with van der Waals surface area (Å²) in [5, 5.41) is 2.97. The van der Waals surface area contributed by atoms with Gasteiger partial charge in [-0.15, -0.1) is 0 Å². The van der Waals surface area contributed by atoms with Crippen molar-refractivity contribution in [2.24, 2.45) is 0 Å². The van der Waals surface area contributed by atoms with Gasteiger partial charge in [0.05, 0.1) is 0 Å². The highest BCUT2D eigenvalue weighted by atomic mass is 16.6. The topological polar surface area (TPSA) is 47.6 Å². The Balaban J connectivity index is 1.49. The molecule has 25 heavy (non-hydrogen) atoms. The average molecular weight is 339 g/mol. The number of para-hydroxylation sites is 2. The lowest BCUT2D eigenvalue weighted by Crippen LogP contribution is -2.49. The lowest BCUT2D eigenvalue weighted by molar-refractivity contribution is -0.133. The van der Waals surface area contributed by atoms with Gasteiger partial charge in [-0.25, -0.2) is 0 Å². The minimum atomic E-state index is -0.615. The molecule has 3 rings (SSSR count). The van der Waals surface area contributed by atoms with Crippen LogP contribution in [0.1, 0.15) is 30.0 Å². The molecule has 2 atom stereocenters. The molecule has 0 aliphatic carbocycles. The Kier molecular flexibility index (Phi) is 5.27. The maximum absolute atomic E-state index is 12.4. The summed E-state index contributed by atoms with van der Waals surface area (Å²) in [5.41, 5.74) is 3.92. The Hall–Kier alpha value is -2.49. The van der Waals surface area contributed by atoms with Crippen molar-refractivity contribution in [2.45, 2.75) is 45.8 Å².